The van der Waals surface area contributed by atoms with Crippen LogP contribution >= 0.6 is 0 Å². The van der Waals surface area contributed by atoms with Gasteiger partial charge in [-0.1, -0.05) is 0 Å². The first-order chi connectivity index (χ1) is 9.63. The van der Waals surface area contributed by atoms with Crippen LogP contribution in [0.25, 0.3) is 0 Å². The van der Waals surface area contributed by atoms with E-state index in [0.717, 1.165) is 45.3 Å². The first-order valence-corrected chi connectivity index (χ1v) is 7.80. The van der Waals surface area contributed by atoms with E-state index in [4.69, 9.17) is 0 Å². The molecule has 20 heavy (non-hydrogen) atoms. The Bertz CT molecular complexity index is 424. The normalized spacial score (nSPS) is 35.7. The highest BCUT2D eigenvalue weighted by Gasteiger charge is 2.43. The van der Waals surface area contributed by atoms with Crippen LogP contribution in [0.3, 0.4) is 0 Å². The summed E-state index contributed by atoms with van der Waals surface area (Å²) < 4.78 is 0. The maximum atomic E-state index is 12.3. The van der Waals surface area contributed by atoms with Crippen molar-refractivity contribution in [3.63, 3.8) is 0 Å². The monoisotopic (exact) mass is 276 g/mol. The summed E-state index contributed by atoms with van der Waals surface area (Å²) in [6.45, 7) is 5.82. The highest BCUT2D eigenvalue weighted by Crippen LogP contribution is 2.32. The van der Waals surface area contributed by atoms with Gasteiger partial charge in [-0.25, -0.2) is 0 Å². The fourth-order valence-electron chi connectivity index (χ4n) is 4.20. The Morgan fingerprint density at radius 3 is 2.85 bits per heavy atom. The highest BCUT2D eigenvalue weighted by molar-refractivity contribution is 5.79. The Morgan fingerprint density at radius 1 is 1.45 bits per heavy atom. The van der Waals surface area contributed by atoms with E-state index in [1.165, 1.54) is 0 Å². The summed E-state index contributed by atoms with van der Waals surface area (Å²) in [5, 5.41) is 15.8. The third kappa shape index (κ3) is 2.43. The molecule has 0 aromatic carbocycles. The van der Waals surface area contributed by atoms with Gasteiger partial charge in [-0.05, 0) is 57.5 Å². The second kappa shape index (κ2) is 5.34. The minimum absolute atomic E-state index is 0.0215. The molecule has 5 heteroatoms. The molecule has 3 rings (SSSR count). The zero-order chi connectivity index (χ0) is 14.2. The average Bonchev–Trinajstić information content (AvgIpc) is 3.11. The maximum Gasteiger partial charge on any atom is 0.235 e. The zero-order valence-corrected chi connectivity index (χ0v) is 12.2. The molecule has 0 radical (unpaired) electrons. The van der Waals surface area contributed by atoms with Crippen molar-refractivity contribution < 1.29 is 4.79 Å². The van der Waals surface area contributed by atoms with Gasteiger partial charge < -0.3 is 10.6 Å². The standard InChI is InChI=1S/C15H24N4O/c1-11-13-7-17-6-12(13)8-19(11)9-14(20)18-15(10-16)4-2-3-5-15/h11-13,17H,2-9H2,1H3,(H,18,20). The van der Waals surface area contributed by atoms with Gasteiger partial charge in [-0.2, -0.15) is 5.26 Å². The Balaban J connectivity index is 1.56. The molecule has 2 aliphatic heterocycles. The van der Waals surface area contributed by atoms with Crippen LogP contribution in [0.5, 0.6) is 0 Å². The van der Waals surface area contributed by atoms with Crippen molar-refractivity contribution in [2.24, 2.45) is 11.8 Å². The smallest absolute Gasteiger partial charge is 0.235 e. The van der Waals surface area contributed by atoms with Gasteiger partial charge in [-0.15, -0.1) is 0 Å². The molecule has 0 aromatic heterocycles. The number of nitrogens with one attached hydrogen (secondary N) is 2. The number of carbonyl (C=O) groups excluding carboxylic acids is 1. The minimum Gasteiger partial charge on any atom is -0.337 e. The van der Waals surface area contributed by atoms with Gasteiger partial charge in [-0.3, -0.25) is 9.69 Å². The van der Waals surface area contributed by atoms with Crippen LogP contribution in [0.2, 0.25) is 0 Å². The Morgan fingerprint density at radius 2 is 2.20 bits per heavy atom. The molecule has 2 heterocycles. The van der Waals surface area contributed by atoms with Gasteiger partial charge in [0, 0.05) is 12.6 Å². The summed E-state index contributed by atoms with van der Waals surface area (Å²) in [5.74, 6) is 1.39. The third-order valence-electron chi connectivity index (χ3n) is 5.45. The van der Waals surface area contributed by atoms with Crippen molar-refractivity contribution in [3.05, 3.63) is 0 Å². The summed E-state index contributed by atoms with van der Waals surface area (Å²) in [6.07, 6.45) is 3.70. The largest absolute Gasteiger partial charge is 0.337 e. The van der Waals surface area contributed by atoms with E-state index in [-0.39, 0.29) is 5.91 Å². The number of nitrogens with zero attached hydrogens (tertiary/aromatic N) is 2. The number of carbonyl (C=O) groups is 1. The molecule has 3 atom stereocenters. The van der Waals surface area contributed by atoms with Gasteiger partial charge in [0.05, 0.1) is 12.6 Å². The van der Waals surface area contributed by atoms with E-state index in [1.54, 1.807) is 0 Å². The van der Waals surface area contributed by atoms with Gasteiger partial charge in [0.15, 0.2) is 0 Å². The quantitative estimate of drug-likeness (QED) is 0.787. The molecular formula is C15H24N4O. The van der Waals surface area contributed by atoms with E-state index in [9.17, 15) is 10.1 Å². The lowest BCUT2D eigenvalue weighted by atomic mass is 9.95. The van der Waals surface area contributed by atoms with Crippen LogP contribution in [0.4, 0.5) is 0 Å². The van der Waals surface area contributed by atoms with Crippen molar-refractivity contribution in [1.29, 1.82) is 5.26 Å². The Kier molecular flexibility index (Phi) is 3.70. The predicted octanol–water partition coefficient (Wildman–Crippen LogP) is 0.479. The number of hydrogen-bond donors (Lipinski definition) is 2. The molecule has 1 amide bonds. The molecule has 0 spiro atoms. The van der Waals surface area contributed by atoms with Crippen LogP contribution in [0.1, 0.15) is 32.6 Å². The fraction of sp³-hybridized carbons (Fsp3) is 0.867. The van der Waals surface area contributed by atoms with Gasteiger partial charge in [0.1, 0.15) is 5.54 Å². The molecule has 2 N–H and O–H groups in total. The lowest BCUT2D eigenvalue weighted by Crippen LogP contribution is -2.50. The van der Waals surface area contributed by atoms with Crippen LogP contribution < -0.4 is 10.6 Å². The van der Waals surface area contributed by atoms with Crippen molar-refractivity contribution in [2.75, 3.05) is 26.2 Å². The van der Waals surface area contributed by atoms with Crippen LogP contribution in [0.15, 0.2) is 0 Å². The maximum absolute atomic E-state index is 12.3. The molecule has 3 unspecified atom stereocenters. The summed E-state index contributed by atoms with van der Waals surface area (Å²) in [6, 6.07) is 2.78. The van der Waals surface area contributed by atoms with Crippen molar-refractivity contribution in [3.8, 4) is 6.07 Å². The summed E-state index contributed by atoms with van der Waals surface area (Å²) >= 11 is 0. The molecule has 1 aliphatic carbocycles. The zero-order valence-electron chi connectivity index (χ0n) is 12.2. The summed E-state index contributed by atoms with van der Waals surface area (Å²) in [7, 11) is 0. The van der Waals surface area contributed by atoms with Crippen LogP contribution in [-0.4, -0.2) is 48.6 Å². The minimum atomic E-state index is -0.586. The molecule has 0 bridgehead atoms. The Labute approximate surface area is 120 Å². The molecule has 110 valence electrons. The second-order valence-corrected chi connectivity index (χ2v) is 6.70. The number of amides is 1. The number of hydrogen-bond acceptors (Lipinski definition) is 4. The predicted molar refractivity (Wildman–Crippen MR) is 75.8 cm³/mol. The molecule has 5 nitrogen and oxygen atoms in total. The number of rotatable bonds is 3. The van der Waals surface area contributed by atoms with Crippen LogP contribution in [-0.2, 0) is 4.79 Å². The van der Waals surface area contributed by atoms with Gasteiger partial charge >= 0.3 is 0 Å². The topological polar surface area (TPSA) is 68.2 Å². The second-order valence-electron chi connectivity index (χ2n) is 6.70. The van der Waals surface area contributed by atoms with E-state index >= 15 is 0 Å². The highest BCUT2D eigenvalue weighted by atomic mass is 16.2. The molecule has 2 saturated heterocycles. The van der Waals surface area contributed by atoms with Crippen LogP contribution in [0, 0.1) is 23.2 Å². The van der Waals surface area contributed by atoms with E-state index in [2.05, 4.69) is 28.5 Å². The number of nitriles is 1. The average molecular weight is 276 g/mol. The summed E-state index contributed by atoms with van der Waals surface area (Å²) in [5.41, 5.74) is -0.586. The van der Waals surface area contributed by atoms with Gasteiger partial charge in [0.25, 0.3) is 0 Å². The van der Waals surface area contributed by atoms with Crippen molar-refractivity contribution in [2.45, 2.75) is 44.2 Å². The molecule has 3 aliphatic rings. The SMILES string of the molecule is CC1C2CNCC2CN1CC(=O)NC1(C#N)CCCC1. The molecule has 1 saturated carbocycles. The van der Waals surface area contributed by atoms with E-state index < -0.39 is 5.54 Å². The Hall–Kier alpha value is -1.12. The first kappa shape index (κ1) is 13.8. The molecule has 0 aromatic rings. The first-order valence-electron chi connectivity index (χ1n) is 7.80. The lowest BCUT2D eigenvalue weighted by molar-refractivity contribution is -0.123. The summed E-state index contributed by atoms with van der Waals surface area (Å²) in [4.78, 5) is 14.5. The van der Waals surface area contributed by atoms with E-state index in [1.807, 2.05) is 0 Å². The fourth-order valence-corrected chi connectivity index (χ4v) is 4.20. The lowest BCUT2D eigenvalue weighted by Gasteiger charge is -2.27. The van der Waals surface area contributed by atoms with Crippen molar-refractivity contribution >= 4 is 5.91 Å². The van der Waals surface area contributed by atoms with Gasteiger partial charge in [0.2, 0.25) is 5.91 Å². The number of fused-ring (bicyclic) bond motifs is 1. The third-order valence-corrected chi connectivity index (χ3v) is 5.45. The van der Waals surface area contributed by atoms with E-state index in [0.29, 0.717) is 24.4 Å². The molecule has 3 fully saturated rings. The molecular weight excluding hydrogens is 252 g/mol. The number of likely N-dealkylation sites (tertiary alicyclic amines) is 1. The van der Waals surface area contributed by atoms with Crippen molar-refractivity contribution in [1.82, 2.24) is 15.5 Å².